The summed E-state index contributed by atoms with van der Waals surface area (Å²) in [6, 6.07) is 5.87. The Morgan fingerprint density at radius 2 is 2.17 bits per heavy atom. The molecule has 1 N–H and O–H groups in total. The van der Waals surface area contributed by atoms with Crippen LogP contribution in [0.3, 0.4) is 0 Å². The Kier molecular flexibility index (Phi) is 2.77. The molecule has 92 valence electrons. The molecule has 0 bridgehead atoms. The molecule has 0 aromatic carbocycles. The summed E-state index contributed by atoms with van der Waals surface area (Å²) in [6.45, 7) is 1.44. The van der Waals surface area contributed by atoms with Crippen molar-refractivity contribution in [2.45, 2.75) is 13.1 Å². The van der Waals surface area contributed by atoms with Gasteiger partial charge in [-0.25, -0.2) is 4.98 Å². The highest BCUT2D eigenvalue weighted by atomic mass is 15.3. The van der Waals surface area contributed by atoms with Crippen molar-refractivity contribution in [1.29, 1.82) is 0 Å². The number of nitrogens with zero attached hydrogens (tertiary/aromatic N) is 5. The lowest BCUT2D eigenvalue weighted by Crippen LogP contribution is -2.16. The van der Waals surface area contributed by atoms with E-state index in [2.05, 4.69) is 20.5 Å². The fourth-order valence-corrected chi connectivity index (χ4v) is 1.87. The minimum atomic E-state index is 0.677. The summed E-state index contributed by atoms with van der Waals surface area (Å²) in [7, 11) is 1.98. The topological polar surface area (TPSA) is 60.0 Å². The van der Waals surface area contributed by atoms with Crippen molar-refractivity contribution in [3.05, 3.63) is 48.4 Å². The van der Waals surface area contributed by atoms with E-state index < -0.39 is 0 Å². The van der Waals surface area contributed by atoms with Gasteiger partial charge in [0.1, 0.15) is 0 Å². The van der Waals surface area contributed by atoms with E-state index in [0.717, 1.165) is 23.7 Å². The molecule has 0 aliphatic rings. The second-order valence-corrected chi connectivity index (χ2v) is 4.14. The molecule has 0 spiro atoms. The second-order valence-electron chi connectivity index (χ2n) is 4.14. The molecule has 0 fully saturated rings. The first kappa shape index (κ1) is 10.9. The van der Waals surface area contributed by atoms with Crippen molar-refractivity contribution in [3.8, 4) is 0 Å². The summed E-state index contributed by atoms with van der Waals surface area (Å²) in [5.74, 6) is 0.910. The van der Waals surface area contributed by atoms with Gasteiger partial charge in [-0.15, -0.1) is 10.2 Å². The third-order valence-corrected chi connectivity index (χ3v) is 2.89. The number of aryl methyl sites for hydroxylation is 1. The quantitative estimate of drug-likeness (QED) is 0.733. The summed E-state index contributed by atoms with van der Waals surface area (Å²) in [5, 5.41) is 11.6. The van der Waals surface area contributed by atoms with Gasteiger partial charge < -0.3 is 9.88 Å². The molecule has 3 heterocycles. The highest BCUT2D eigenvalue weighted by Gasteiger charge is 2.04. The van der Waals surface area contributed by atoms with Crippen LogP contribution in [0.5, 0.6) is 0 Å². The van der Waals surface area contributed by atoms with Gasteiger partial charge in [0.25, 0.3) is 0 Å². The monoisotopic (exact) mass is 242 g/mol. The zero-order valence-corrected chi connectivity index (χ0v) is 10.1. The molecule has 18 heavy (non-hydrogen) atoms. The van der Waals surface area contributed by atoms with Gasteiger partial charge in [0.15, 0.2) is 11.5 Å². The second kappa shape index (κ2) is 4.58. The number of hydrogen-bond acceptors (Lipinski definition) is 4. The van der Waals surface area contributed by atoms with Crippen LogP contribution in [0.4, 0.5) is 0 Å². The highest BCUT2D eigenvalue weighted by Crippen LogP contribution is 2.03. The molecule has 0 amide bonds. The molecule has 6 nitrogen and oxygen atoms in total. The first-order valence-electron chi connectivity index (χ1n) is 5.79. The molecule has 3 aromatic rings. The number of nitrogens with one attached hydrogen (secondary N) is 1. The number of pyridine rings is 1. The molecule has 0 saturated heterocycles. The molecule has 0 aliphatic heterocycles. The van der Waals surface area contributed by atoms with Crippen molar-refractivity contribution in [1.82, 2.24) is 29.5 Å². The van der Waals surface area contributed by atoms with Gasteiger partial charge in [0, 0.05) is 26.0 Å². The molecule has 6 heteroatoms. The Morgan fingerprint density at radius 1 is 1.22 bits per heavy atom. The fourth-order valence-electron chi connectivity index (χ4n) is 1.87. The van der Waals surface area contributed by atoms with E-state index in [1.807, 2.05) is 46.6 Å². The molecule has 0 saturated carbocycles. The number of fused-ring (bicyclic) bond motifs is 1. The van der Waals surface area contributed by atoms with Gasteiger partial charge in [-0.1, -0.05) is 6.07 Å². The summed E-state index contributed by atoms with van der Waals surface area (Å²) < 4.78 is 3.98. The Labute approximate surface area is 104 Å². The van der Waals surface area contributed by atoms with Crippen molar-refractivity contribution in [2.75, 3.05) is 0 Å². The lowest BCUT2D eigenvalue weighted by Gasteiger charge is -2.04. The Hall–Kier alpha value is -2.21. The highest BCUT2D eigenvalue weighted by molar-refractivity contribution is 5.36. The van der Waals surface area contributed by atoms with Gasteiger partial charge in [-0.05, 0) is 12.1 Å². The summed E-state index contributed by atoms with van der Waals surface area (Å²) in [4.78, 5) is 4.08. The fraction of sp³-hybridized carbons (Fsp3) is 0.250. The average Bonchev–Trinajstić information content (AvgIpc) is 2.97. The van der Waals surface area contributed by atoms with Crippen LogP contribution < -0.4 is 5.32 Å². The molecule has 0 unspecified atom stereocenters. The van der Waals surface area contributed by atoms with Crippen LogP contribution in [0.1, 0.15) is 11.5 Å². The third kappa shape index (κ3) is 1.98. The van der Waals surface area contributed by atoms with Gasteiger partial charge in [0.2, 0.25) is 0 Å². The van der Waals surface area contributed by atoms with Crippen molar-refractivity contribution >= 4 is 5.65 Å². The zero-order chi connectivity index (χ0) is 12.4. The predicted molar refractivity (Wildman–Crippen MR) is 66.7 cm³/mol. The van der Waals surface area contributed by atoms with E-state index in [1.165, 1.54) is 0 Å². The maximum absolute atomic E-state index is 4.16. The Balaban J connectivity index is 1.68. The van der Waals surface area contributed by atoms with Crippen molar-refractivity contribution < 1.29 is 0 Å². The van der Waals surface area contributed by atoms with Crippen molar-refractivity contribution in [3.63, 3.8) is 0 Å². The maximum Gasteiger partial charge on any atom is 0.160 e. The lowest BCUT2D eigenvalue weighted by atomic mass is 10.4. The van der Waals surface area contributed by atoms with Crippen LogP contribution >= 0.6 is 0 Å². The van der Waals surface area contributed by atoms with E-state index in [-0.39, 0.29) is 0 Å². The van der Waals surface area contributed by atoms with Gasteiger partial charge >= 0.3 is 0 Å². The molecule has 3 aromatic heterocycles. The predicted octanol–water partition coefficient (Wildman–Crippen LogP) is 0.753. The van der Waals surface area contributed by atoms with Gasteiger partial charge in [-0.2, -0.15) is 0 Å². The van der Waals surface area contributed by atoms with E-state index in [0.29, 0.717) is 6.54 Å². The van der Waals surface area contributed by atoms with Gasteiger partial charge in [-0.3, -0.25) is 4.40 Å². The van der Waals surface area contributed by atoms with Crippen LogP contribution in [0.25, 0.3) is 5.65 Å². The Bertz CT molecular complexity index is 653. The van der Waals surface area contributed by atoms with E-state index in [9.17, 15) is 0 Å². The van der Waals surface area contributed by atoms with Crippen LogP contribution in [0, 0.1) is 0 Å². The molecule has 0 atom stereocenters. The average molecular weight is 242 g/mol. The minimum absolute atomic E-state index is 0.677. The number of hydrogen-bond donors (Lipinski definition) is 1. The largest absolute Gasteiger partial charge is 0.337 e. The van der Waals surface area contributed by atoms with Crippen LogP contribution in [0.2, 0.25) is 0 Å². The molecule has 3 rings (SSSR count). The van der Waals surface area contributed by atoms with E-state index >= 15 is 0 Å². The van der Waals surface area contributed by atoms with Gasteiger partial charge in [0.05, 0.1) is 18.6 Å². The van der Waals surface area contributed by atoms with Crippen LogP contribution in [-0.2, 0) is 20.1 Å². The number of rotatable bonds is 4. The minimum Gasteiger partial charge on any atom is -0.337 e. The first-order valence-corrected chi connectivity index (χ1v) is 5.79. The SMILES string of the molecule is Cn1cncc1CNCc1nnc2ccccn12. The smallest absolute Gasteiger partial charge is 0.160 e. The van der Waals surface area contributed by atoms with Crippen molar-refractivity contribution in [2.24, 2.45) is 7.05 Å². The molecular weight excluding hydrogens is 228 g/mol. The summed E-state index contributed by atoms with van der Waals surface area (Å²) in [5.41, 5.74) is 2.01. The number of aromatic nitrogens is 5. The molecule has 0 aliphatic carbocycles. The zero-order valence-electron chi connectivity index (χ0n) is 10.1. The first-order chi connectivity index (χ1) is 8.84. The Morgan fingerprint density at radius 3 is 3.00 bits per heavy atom. The summed E-state index contributed by atoms with van der Waals surface area (Å²) >= 11 is 0. The third-order valence-electron chi connectivity index (χ3n) is 2.89. The van der Waals surface area contributed by atoms with Crippen LogP contribution in [-0.4, -0.2) is 24.1 Å². The summed E-state index contributed by atoms with van der Waals surface area (Å²) in [6.07, 6.45) is 5.62. The normalized spacial score (nSPS) is 11.2. The van der Waals surface area contributed by atoms with E-state index in [4.69, 9.17) is 0 Å². The molecular formula is C12H14N6. The standard InChI is InChI=1S/C12H14N6/c1-17-9-14-7-10(17)6-13-8-12-16-15-11-4-2-3-5-18(11)12/h2-5,7,9,13H,6,8H2,1H3. The van der Waals surface area contributed by atoms with Crippen LogP contribution in [0.15, 0.2) is 36.9 Å². The number of imidazole rings is 1. The lowest BCUT2D eigenvalue weighted by molar-refractivity contribution is 0.629. The van der Waals surface area contributed by atoms with E-state index in [1.54, 1.807) is 6.33 Å². The maximum atomic E-state index is 4.16. The molecule has 0 radical (unpaired) electrons.